The Kier molecular flexibility index (Phi) is 7.50. The maximum absolute atomic E-state index is 12.5. The van der Waals surface area contributed by atoms with E-state index in [0.717, 1.165) is 47.7 Å². The molecule has 0 atom stereocenters. The van der Waals surface area contributed by atoms with Crippen molar-refractivity contribution < 1.29 is 13.2 Å². The molecule has 1 fully saturated rings. The number of carbonyl (C=O) groups excluding carboxylic acids is 1. The summed E-state index contributed by atoms with van der Waals surface area (Å²) in [5.41, 5.74) is 3.86. The maximum atomic E-state index is 12.5. The van der Waals surface area contributed by atoms with Gasteiger partial charge in [-0.05, 0) is 61.2 Å². The van der Waals surface area contributed by atoms with Gasteiger partial charge < -0.3 is 5.32 Å². The van der Waals surface area contributed by atoms with Crippen molar-refractivity contribution >= 4 is 21.6 Å². The van der Waals surface area contributed by atoms with E-state index in [-0.39, 0.29) is 12.5 Å². The predicted octanol–water partition coefficient (Wildman–Crippen LogP) is 2.93. The second-order valence-corrected chi connectivity index (χ2v) is 9.78. The number of sulfonamides is 1. The van der Waals surface area contributed by atoms with Crippen molar-refractivity contribution in [3.63, 3.8) is 0 Å². The van der Waals surface area contributed by atoms with E-state index in [1.54, 1.807) is 12.1 Å². The molecule has 162 valence electrons. The van der Waals surface area contributed by atoms with Crippen molar-refractivity contribution in [3.8, 4) is 0 Å². The van der Waals surface area contributed by atoms with Crippen LogP contribution in [0.1, 0.15) is 36.5 Å². The van der Waals surface area contributed by atoms with Crippen LogP contribution < -0.4 is 9.62 Å². The number of carbonyl (C=O) groups is 1. The zero-order valence-electron chi connectivity index (χ0n) is 17.8. The number of likely N-dealkylation sites (tertiary alicyclic amines) is 1. The molecule has 30 heavy (non-hydrogen) atoms. The third-order valence-electron chi connectivity index (χ3n) is 5.41. The molecular formula is C23H31N3O3S. The normalized spacial score (nSPS) is 14.6. The summed E-state index contributed by atoms with van der Waals surface area (Å²) < 4.78 is 25.6. The number of nitrogens with zero attached hydrogens (tertiary/aromatic N) is 2. The fourth-order valence-electron chi connectivity index (χ4n) is 3.72. The van der Waals surface area contributed by atoms with Gasteiger partial charge >= 0.3 is 0 Å². The van der Waals surface area contributed by atoms with Crippen LogP contribution in [0.25, 0.3) is 0 Å². The van der Waals surface area contributed by atoms with Gasteiger partial charge in [0, 0.05) is 13.1 Å². The Morgan fingerprint density at radius 2 is 1.70 bits per heavy atom. The summed E-state index contributed by atoms with van der Waals surface area (Å²) in [6.07, 6.45) is 4.51. The lowest BCUT2D eigenvalue weighted by Gasteiger charge is -2.22. The minimum atomic E-state index is -3.57. The van der Waals surface area contributed by atoms with Crippen LogP contribution in [0.15, 0.2) is 48.5 Å². The lowest BCUT2D eigenvalue weighted by molar-refractivity contribution is -0.119. The summed E-state index contributed by atoms with van der Waals surface area (Å²) in [6.45, 7) is 5.38. The highest BCUT2D eigenvalue weighted by molar-refractivity contribution is 7.92. The molecule has 0 radical (unpaired) electrons. The topological polar surface area (TPSA) is 69.7 Å². The molecule has 2 aromatic carbocycles. The minimum absolute atomic E-state index is 0.238. The van der Waals surface area contributed by atoms with E-state index in [9.17, 15) is 13.2 Å². The number of benzene rings is 2. The number of rotatable bonds is 9. The monoisotopic (exact) mass is 429 g/mol. The summed E-state index contributed by atoms with van der Waals surface area (Å²) >= 11 is 0. The maximum Gasteiger partial charge on any atom is 0.241 e. The number of hydrogen-bond donors (Lipinski definition) is 1. The van der Waals surface area contributed by atoms with Crippen molar-refractivity contribution in [3.05, 3.63) is 65.2 Å². The Morgan fingerprint density at radius 1 is 1.03 bits per heavy atom. The molecule has 1 aliphatic heterocycles. The molecule has 1 heterocycles. The van der Waals surface area contributed by atoms with E-state index in [4.69, 9.17) is 0 Å². The van der Waals surface area contributed by atoms with Gasteiger partial charge in [-0.2, -0.15) is 0 Å². The average molecular weight is 430 g/mol. The molecular weight excluding hydrogens is 398 g/mol. The van der Waals surface area contributed by atoms with Gasteiger partial charge in [0.2, 0.25) is 15.9 Å². The minimum Gasteiger partial charge on any atom is -0.350 e. The number of aryl methyl sites for hydroxylation is 1. The molecule has 6 nitrogen and oxygen atoms in total. The van der Waals surface area contributed by atoms with Crippen molar-refractivity contribution in [2.45, 2.75) is 39.3 Å². The molecule has 1 saturated heterocycles. The Bertz CT molecular complexity index is 952. The molecule has 0 aliphatic carbocycles. The molecule has 3 rings (SSSR count). The molecule has 1 N–H and O–H groups in total. The lowest BCUT2D eigenvalue weighted by atomic mass is 10.1. The van der Waals surface area contributed by atoms with Crippen molar-refractivity contribution in [1.82, 2.24) is 10.2 Å². The molecule has 0 saturated carbocycles. The van der Waals surface area contributed by atoms with E-state index >= 15 is 0 Å². The SMILES string of the molecule is CCc1ccc(N(CC(=O)NCc2cccc(CN3CCCC3)c2)S(C)(=O)=O)cc1. The van der Waals surface area contributed by atoms with Crippen LogP contribution in [0, 0.1) is 0 Å². The molecule has 1 amide bonds. The Morgan fingerprint density at radius 3 is 2.33 bits per heavy atom. The first kappa shape index (κ1) is 22.3. The van der Waals surface area contributed by atoms with Gasteiger partial charge in [-0.1, -0.05) is 43.3 Å². The summed E-state index contributed by atoms with van der Waals surface area (Å²) in [5.74, 6) is -0.329. The van der Waals surface area contributed by atoms with Gasteiger partial charge in [-0.25, -0.2) is 8.42 Å². The zero-order chi connectivity index (χ0) is 21.6. The smallest absolute Gasteiger partial charge is 0.241 e. The van der Waals surface area contributed by atoms with Crippen LogP contribution in [0.2, 0.25) is 0 Å². The number of amides is 1. The summed E-state index contributed by atoms with van der Waals surface area (Å²) in [7, 11) is -3.57. The van der Waals surface area contributed by atoms with E-state index < -0.39 is 10.0 Å². The summed E-state index contributed by atoms with van der Waals surface area (Å²) in [4.78, 5) is 14.9. The molecule has 0 bridgehead atoms. The second kappa shape index (κ2) is 10.1. The zero-order valence-corrected chi connectivity index (χ0v) is 18.6. The molecule has 0 unspecified atom stereocenters. The summed E-state index contributed by atoms with van der Waals surface area (Å²) in [6, 6.07) is 15.5. The highest BCUT2D eigenvalue weighted by Crippen LogP contribution is 2.18. The third kappa shape index (κ3) is 6.31. The second-order valence-electron chi connectivity index (χ2n) is 7.87. The van der Waals surface area contributed by atoms with Crippen LogP contribution in [0.5, 0.6) is 0 Å². The summed E-state index contributed by atoms with van der Waals surface area (Å²) in [5, 5.41) is 2.86. The van der Waals surface area contributed by atoms with Crippen LogP contribution in [0.4, 0.5) is 5.69 Å². The van der Waals surface area contributed by atoms with Crippen molar-refractivity contribution in [2.24, 2.45) is 0 Å². The van der Waals surface area contributed by atoms with Crippen LogP contribution in [-0.2, 0) is 34.3 Å². The standard InChI is InChI=1S/C23H31N3O3S/c1-3-19-9-11-22(12-10-19)26(30(2,28)29)18-23(27)24-16-20-7-6-8-21(15-20)17-25-13-4-5-14-25/h6-12,15H,3-5,13-14,16-18H2,1-2H3,(H,24,27). The Hall–Kier alpha value is -2.38. The molecule has 0 spiro atoms. The van der Waals surface area contributed by atoms with Gasteiger partial charge in [0.05, 0.1) is 11.9 Å². The molecule has 1 aliphatic rings. The van der Waals surface area contributed by atoms with Gasteiger partial charge in [0.15, 0.2) is 0 Å². The number of anilines is 1. The quantitative estimate of drug-likeness (QED) is 0.665. The van der Waals surface area contributed by atoms with Crippen LogP contribution in [-0.4, -0.2) is 45.1 Å². The largest absolute Gasteiger partial charge is 0.350 e. The number of nitrogens with one attached hydrogen (secondary N) is 1. The Balaban J connectivity index is 1.60. The van der Waals surface area contributed by atoms with Crippen LogP contribution in [0.3, 0.4) is 0 Å². The average Bonchev–Trinajstić information content (AvgIpc) is 3.23. The molecule has 7 heteroatoms. The highest BCUT2D eigenvalue weighted by Gasteiger charge is 2.20. The lowest BCUT2D eigenvalue weighted by Crippen LogP contribution is -2.40. The predicted molar refractivity (Wildman–Crippen MR) is 121 cm³/mol. The number of hydrogen-bond acceptors (Lipinski definition) is 4. The fraction of sp³-hybridized carbons (Fsp3) is 0.435. The fourth-order valence-corrected chi connectivity index (χ4v) is 4.58. The van der Waals surface area contributed by atoms with E-state index in [1.807, 2.05) is 31.2 Å². The first-order valence-electron chi connectivity index (χ1n) is 10.5. The van der Waals surface area contributed by atoms with Gasteiger partial charge in [-0.3, -0.25) is 14.0 Å². The van der Waals surface area contributed by atoms with Crippen molar-refractivity contribution in [2.75, 3.05) is 30.2 Å². The van der Waals surface area contributed by atoms with E-state index in [1.165, 1.54) is 18.4 Å². The highest BCUT2D eigenvalue weighted by atomic mass is 32.2. The first-order chi connectivity index (χ1) is 14.3. The Labute approximate surface area is 179 Å². The first-order valence-corrected chi connectivity index (χ1v) is 12.3. The van der Waals surface area contributed by atoms with Crippen LogP contribution >= 0.6 is 0 Å². The molecule has 2 aromatic rings. The van der Waals surface area contributed by atoms with Gasteiger partial charge in [-0.15, -0.1) is 0 Å². The van der Waals surface area contributed by atoms with E-state index in [0.29, 0.717) is 12.2 Å². The van der Waals surface area contributed by atoms with E-state index in [2.05, 4.69) is 22.3 Å². The van der Waals surface area contributed by atoms with Gasteiger partial charge in [0.1, 0.15) is 6.54 Å². The molecule has 0 aromatic heterocycles. The van der Waals surface area contributed by atoms with Crippen molar-refractivity contribution in [1.29, 1.82) is 0 Å². The third-order valence-corrected chi connectivity index (χ3v) is 6.55. The van der Waals surface area contributed by atoms with Gasteiger partial charge in [0.25, 0.3) is 0 Å².